The molecule has 1 N–H and O–H groups in total. The average molecular weight is 386 g/mol. The predicted octanol–water partition coefficient (Wildman–Crippen LogP) is 3.94. The molecule has 0 saturated heterocycles. The first kappa shape index (κ1) is 23.0. The van der Waals surface area contributed by atoms with Gasteiger partial charge in [0, 0.05) is 28.2 Å². The van der Waals surface area contributed by atoms with Crippen molar-refractivity contribution >= 4 is 23.3 Å². The maximum absolute atomic E-state index is 11.5. The van der Waals surface area contributed by atoms with Crippen LogP contribution >= 0.6 is 0 Å². The van der Waals surface area contributed by atoms with Crippen molar-refractivity contribution in [2.24, 2.45) is 0 Å². The van der Waals surface area contributed by atoms with Crippen molar-refractivity contribution in [2.75, 3.05) is 44.6 Å². The number of aromatic carboxylic acids is 1. The Morgan fingerprint density at radius 2 is 1.50 bits per heavy atom. The molecule has 2 aromatic carbocycles. The van der Waals surface area contributed by atoms with Gasteiger partial charge in [-0.1, -0.05) is 31.2 Å². The Kier molecular flexibility index (Phi) is 9.02. The molecule has 0 aliphatic rings. The molecule has 2 aromatic rings. The lowest BCUT2D eigenvalue weighted by Gasteiger charge is -2.19. The van der Waals surface area contributed by atoms with Crippen LogP contribution in [0.2, 0.25) is 0 Å². The monoisotopic (exact) mass is 386 g/mol. The van der Waals surface area contributed by atoms with Crippen LogP contribution in [0.1, 0.15) is 40.1 Å². The molecule has 0 radical (unpaired) electrons. The van der Waals surface area contributed by atoms with E-state index in [9.17, 15) is 9.59 Å². The molecule has 6 heteroatoms. The largest absolute Gasteiger partial charge is 0.478 e. The highest BCUT2D eigenvalue weighted by Crippen LogP contribution is 2.24. The second-order valence-corrected chi connectivity index (χ2v) is 6.50. The van der Waals surface area contributed by atoms with E-state index in [-0.39, 0.29) is 5.97 Å². The number of para-hydroxylation sites is 2. The van der Waals surface area contributed by atoms with E-state index >= 15 is 0 Å². The van der Waals surface area contributed by atoms with Crippen LogP contribution in [0.5, 0.6) is 0 Å². The number of anilines is 2. The van der Waals surface area contributed by atoms with Crippen LogP contribution in [0, 0.1) is 0 Å². The van der Waals surface area contributed by atoms with Gasteiger partial charge in [-0.25, -0.2) is 9.59 Å². The number of benzene rings is 2. The summed E-state index contributed by atoms with van der Waals surface area (Å²) in [4.78, 5) is 26.2. The first-order valence-electron chi connectivity index (χ1n) is 9.20. The number of esters is 1. The number of rotatable bonds is 6. The summed E-state index contributed by atoms with van der Waals surface area (Å²) in [7, 11) is 7.53. The molecule has 152 valence electrons. The van der Waals surface area contributed by atoms with Crippen LogP contribution in [0.15, 0.2) is 42.5 Å². The van der Waals surface area contributed by atoms with E-state index in [2.05, 4.69) is 0 Å². The molecule has 0 aromatic heterocycles. The highest BCUT2D eigenvalue weighted by Gasteiger charge is 2.14. The van der Waals surface area contributed by atoms with Crippen LogP contribution in [0.25, 0.3) is 0 Å². The fraction of sp³-hybridized carbons (Fsp3) is 0.364. The number of carbonyl (C=O) groups excluding carboxylic acids is 1. The Morgan fingerprint density at radius 1 is 0.893 bits per heavy atom. The van der Waals surface area contributed by atoms with Gasteiger partial charge in [0.05, 0.1) is 29.1 Å². The minimum atomic E-state index is -0.871. The molecule has 0 heterocycles. The molecule has 0 unspecified atom stereocenters. The van der Waals surface area contributed by atoms with Crippen LogP contribution in [-0.2, 0) is 11.2 Å². The smallest absolute Gasteiger partial charge is 0.340 e. The molecule has 0 spiro atoms. The maximum atomic E-state index is 11.5. The first-order valence-corrected chi connectivity index (χ1v) is 9.20. The maximum Gasteiger partial charge on any atom is 0.340 e. The van der Waals surface area contributed by atoms with Crippen LogP contribution in [-0.4, -0.2) is 51.8 Å². The van der Waals surface area contributed by atoms with Gasteiger partial charge in [-0.15, -0.1) is 0 Å². The average Bonchev–Trinajstić information content (AvgIpc) is 2.67. The third kappa shape index (κ3) is 6.01. The second-order valence-electron chi connectivity index (χ2n) is 6.50. The zero-order valence-corrected chi connectivity index (χ0v) is 17.5. The third-order valence-electron chi connectivity index (χ3n) is 4.06. The summed E-state index contributed by atoms with van der Waals surface area (Å²) in [5, 5.41) is 9.01. The topological polar surface area (TPSA) is 70.1 Å². The molecular formula is C22H30N2O4. The summed E-state index contributed by atoms with van der Waals surface area (Å²) in [6.07, 6.45) is 0.842. The number of hydrogen-bond donors (Lipinski definition) is 1. The highest BCUT2D eigenvalue weighted by molar-refractivity contribution is 5.96. The predicted molar refractivity (Wildman–Crippen MR) is 114 cm³/mol. The molecule has 2 rings (SSSR count). The third-order valence-corrected chi connectivity index (χ3v) is 4.06. The summed E-state index contributed by atoms with van der Waals surface area (Å²) in [5.74, 6) is -1.14. The number of hydrogen-bond acceptors (Lipinski definition) is 5. The zero-order chi connectivity index (χ0) is 21.3. The van der Waals surface area contributed by atoms with Crippen molar-refractivity contribution in [1.82, 2.24) is 0 Å². The molecule has 0 aliphatic carbocycles. The Bertz CT molecular complexity index is 801. The summed E-state index contributed by atoms with van der Waals surface area (Å²) < 4.78 is 4.95. The van der Waals surface area contributed by atoms with Crippen molar-refractivity contribution < 1.29 is 19.4 Å². The standard InChI is InChI=1S/2C11H15NO2/c1-4-14-11(13)9-7-5-6-8-10(9)12(2)3;1-4-8-6-5-7-9(11(13)14)10(8)12(2)3/h5-8H,4H2,1-3H3;5-7H,4H2,1-3H3,(H,13,14). The first-order chi connectivity index (χ1) is 13.2. The SMILES string of the molecule is CCOC(=O)c1ccccc1N(C)C.CCc1cccc(C(=O)O)c1N(C)C. The van der Waals surface area contributed by atoms with Crippen molar-refractivity contribution in [1.29, 1.82) is 0 Å². The fourth-order valence-corrected chi connectivity index (χ4v) is 2.82. The Hall–Kier alpha value is -3.02. The minimum absolute atomic E-state index is 0.267. The van der Waals surface area contributed by atoms with Gasteiger partial charge in [0.2, 0.25) is 0 Å². The van der Waals surface area contributed by atoms with Crippen LogP contribution < -0.4 is 9.80 Å². The van der Waals surface area contributed by atoms with Crippen molar-refractivity contribution in [2.45, 2.75) is 20.3 Å². The van der Waals surface area contributed by atoms with Crippen LogP contribution in [0.4, 0.5) is 11.4 Å². The number of carbonyl (C=O) groups is 2. The summed E-state index contributed by atoms with van der Waals surface area (Å²) in [6, 6.07) is 12.8. The molecule has 0 amide bonds. The van der Waals surface area contributed by atoms with Crippen molar-refractivity contribution in [3.63, 3.8) is 0 Å². The quantitative estimate of drug-likeness (QED) is 0.758. The summed E-state index contributed by atoms with van der Waals surface area (Å²) >= 11 is 0. The minimum Gasteiger partial charge on any atom is -0.478 e. The number of carboxylic acid groups (broad SMARTS) is 1. The van der Waals surface area contributed by atoms with Gasteiger partial charge in [0.1, 0.15) is 0 Å². The molecule has 6 nitrogen and oxygen atoms in total. The molecule has 0 fully saturated rings. The molecule has 0 atom stereocenters. The normalized spacial score (nSPS) is 9.79. The van der Waals surface area contributed by atoms with Gasteiger partial charge < -0.3 is 19.6 Å². The van der Waals surface area contributed by atoms with Crippen molar-refractivity contribution in [3.05, 3.63) is 59.2 Å². The van der Waals surface area contributed by atoms with E-state index in [1.165, 1.54) is 0 Å². The Morgan fingerprint density at radius 3 is 2.00 bits per heavy atom. The fourth-order valence-electron chi connectivity index (χ4n) is 2.82. The summed E-state index contributed by atoms with van der Waals surface area (Å²) in [6.45, 7) is 4.23. The van der Waals surface area contributed by atoms with E-state index in [1.807, 2.05) is 69.2 Å². The van der Waals surface area contributed by atoms with Crippen LogP contribution in [0.3, 0.4) is 0 Å². The molecule has 0 bridgehead atoms. The van der Waals surface area contributed by atoms with Gasteiger partial charge >= 0.3 is 11.9 Å². The second kappa shape index (κ2) is 11.0. The lowest BCUT2D eigenvalue weighted by molar-refractivity contribution is 0.0526. The number of ether oxygens (including phenoxy) is 1. The lowest BCUT2D eigenvalue weighted by atomic mass is 10.0. The van der Waals surface area contributed by atoms with Crippen molar-refractivity contribution in [3.8, 4) is 0 Å². The van der Waals surface area contributed by atoms with Gasteiger partial charge in [-0.05, 0) is 37.1 Å². The molecule has 0 aliphatic heterocycles. The molecule has 28 heavy (non-hydrogen) atoms. The Balaban J connectivity index is 0.000000280. The zero-order valence-electron chi connectivity index (χ0n) is 17.5. The van der Waals surface area contributed by atoms with E-state index < -0.39 is 5.97 Å². The van der Waals surface area contributed by atoms with E-state index in [0.717, 1.165) is 23.4 Å². The van der Waals surface area contributed by atoms with E-state index in [4.69, 9.17) is 9.84 Å². The number of aryl methyl sites for hydroxylation is 1. The van der Waals surface area contributed by atoms with E-state index in [1.54, 1.807) is 25.1 Å². The van der Waals surface area contributed by atoms with Gasteiger partial charge in [0.25, 0.3) is 0 Å². The van der Waals surface area contributed by atoms with Gasteiger partial charge in [-0.2, -0.15) is 0 Å². The molecular weight excluding hydrogens is 356 g/mol. The van der Waals surface area contributed by atoms with Gasteiger partial charge in [0.15, 0.2) is 0 Å². The molecule has 0 saturated carbocycles. The summed E-state index contributed by atoms with van der Waals surface area (Å²) in [5.41, 5.74) is 3.73. The Labute approximate surface area is 167 Å². The lowest BCUT2D eigenvalue weighted by Crippen LogP contribution is -2.16. The highest BCUT2D eigenvalue weighted by atomic mass is 16.5. The number of carboxylic acids is 1. The number of nitrogens with zero attached hydrogens (tertiary/aromatic N) is 2. The van der Waals surface area contributed by atoms with Gasteiger partial charge in [-0.3, -0.25) is 0 Å². The van der Waals surface area contributed by atoms with E-state index in [0.29, 0.717) is 17.7 Å².